The van der Waals surface area contributed by atoms with E-state index >= 15 is 0 Å². The molecule has 8 nitrogen and oxygen atoms in total. The highest BCUT2D eigenvalue weighted by Crippen LogP contribution is 2.23. The van der Waals surface area contributed by atoms with Crippen LogP contribution in [0, 0.1) is 6.92 Å². The first kappa shape index (κ1) is 26.5. The van der Waals surface area contributed by atoms with Crippen molar-refractivity contribution < 1.29 is 14.4 Å². The maximum atomic E-state index is 12.6. The van der Waals surface area contributed by atoms with Crippen molar-refractivity contribution >= 4 is 40.6 Å². The molecule has 0 bridgehead atoms. The molecule has 2 aromatic carbocycles. The smallest absolute Gasteiger partial charge is 0.258 e. The van der Waals surface area contributed by atoms with Gasteiger partial charge in [-0.05, 0) is 101 Å². The Balaban J connectivity index is 1.51. The molecule has 0 spiro atoms. The van der Waals surface area contributed by atoms with Crippen LogP contribution in [0.4, 0.5) is 11.4 Å². The van der Waals surface area contributed by atoms with Crippen LogP contribution in [-0.4, -0.2) is 54.7 Å². The Hall–Kier alpha value is -3.10. The summed E-state index contributed by atoms with van der Waals surface area (Å²) in [4.78, 5) is 39.5. The first-order valence-electron chi connectivity index (χ1n) is 11.9. The Bertz CT molecular complexity index is 1070. The van der Waals surface area contributed by atoms with Crippen molar-refractivity contribution in [1.29, 1.82) is 0 Å². The number of amides is 2. The Morgan fingerprint density at radius 3 is 2.43 bits per heavy atom. The van der Waals surface area contributed by atoms with E-state index in [-0.39, 0.29) is 5.91 Å². The summed E-state index contributed by atoms with van der Waals surface area (Å²) in [6.07, 6.45) is 4.74. The average molecular weight is 498 g/mol. The maximum absolute atomic E-state index is 12.6. The molecule has 1 saturated heterocycles. The summed E-state index contributed by atoms with van der Waals surface area (Å²) in [6, 6.07) is 10.3. The summed E-state index contributed by atoms with van der Waals surface area (Å²) in [6.45, 7) is 7.01. The minimum Gasteiger partial charge on any atom is -0.352 e. The van der Waals surface area contributed by atoms with E-state index in [2.05, 4.69) is 25.8 Å². The van der Waals surface area contributed by atoms with Crippen molar-refractivity contribution in [3.63, 3.8) is 0 Å². The number of rotatable bonds is 10. The van der Waals surface area contributed by atoms with Gasteiger partial charge in [-0.15, -0.1) is 0 Å². The van der Waals surface area contributed by atoms with Gasteiger partial charge in [0.05, 0.1) is 5.69 Å². The van der Waals surface area contributed by atoms with Gasteiger partial charge in [0, 0.05) is 22.8 Å². The quantitative estimate of drug-likeness (QED) is 0.276. The molecule has 1 heterocycles. The molecule has 2 N–H and O–H groups in total. The lowest BCUT2D eigenvalue weighted by atomic mass is 10.1. The number of hydrogen-bond acceptors (Lipinski definition) is 6. The Morgan fingerprint density at radius 2 is 1.77 bits per heavy atom. The average Bonchev–Trinajstić information content (AvgIpc) is 2.84. The van der Waals surface area contributed by atoms with Gasteiger partial charge >= 0.3 is 0 Å². The number of aryl methyl sites for hydroxylation is 1. The molecule has 2 amide bonds. The van der Waals surface area contributed by atoms with E-state index in [1.807, 2.05) is 6.92 Å². The lowest BCUT2D eigenvalue weighted by Crippen LogP contribution is -2.33. The van der Waals surface area contributed by atoms with Gasteiger partial charge in [-0.1, -0.05) is 18.0 Å². The molecule has 1 atom stereocenters. The number of anilines is 1. The van der Waals surface area contributed by atoms with Crippen molar-refractivity contribution in [2.24, 2.45) is 10.2 Å². The van der Waals surface area contributed by atoms with E-state index in [0.29, 0.717) is 28.5 Å². The van der Waals surface area contributed by atoms with Crippen LogP contribution in [0.3, 0.4) is 0 Å². The standard InChI is InChI=1S/C26H32ClN5O3/c1-18-17-21(27)9-12-23(18)30-31-24(19(2)33)26(35)29-22-10-7-20(8-11-22)25(34)28-13-6-16-32-14-4-3-5-15-32/h7-12,17,24H,3-6,13-16H2,1-2H3,(H,28,34)(H,29,35). The zero-order valence-electron chi connectivity index (χ0n) is 20.2. The monoisotopic (exact) mass is 497 g/mol. The Kier molecular flexibility index (Phi) is 9.93. The number of Topliss-reactive ketones (excluding diaryl/α,β-unsaturated/α-hetero) is 1. The van der Waals surface area contributed by atoms with Gasteiger partial charge < -0.3 is 15.5 Å². The predicted molar refractivity (Wildman–Crippen MR) is 137 cm³/mol. The molecule has 35 heavy (non-hydrogen) atoms. The van der Waals surface area contributed by atoms with Crippen molar-refractivity contribution in [3.8, 4) is 0 Å². The van der Waals surface area contributed by atoms with E-state index in [0.717, 1.165) is 31.6 Å². The Labute approximate surface area is 211 Å². The van der Waals surface area contributed by atoms with Crippen molar-refractivity contribution in [2.45, 2.75) is 45.6 Å². The number of likely N-dealkylation sites (tertiary alicyclic amines) is 1. The summed E-state index contributed by atoms with van der Waals surface area (Å²) < 4.78 is 0. The summed E-state index contributed by atoms with van der Waals surface area (Å²) in [5.74, 6) is -1.18. The fourth-order valence-electron chi connectivity index (χ4n) is 3.87. The summed E-state index contributed by atoms with van der Waals surface area (Å²) in [7, 11) is 0. The second-order valence-electron chi connectivity index (χ2n) is 8.74. The molecular weight excluding hydrogens is 466 g/mol. The predicted octanol–water partition coefficient (Wildman–Crippen LogP) is 4.93. The van der Waals surface area contributed by atoms with E-state index in [4.69, 9.17) is 11.6 Å². The van der Waals surface area contributed by atoms with E-state index in [1.54, 1.807) is 42.5 Å². The van der Waals surface area contributed by atoms with Gasteiger partial charge in [0.25, 0.3) is 11.8 Å². The number of ketones is 1. The van der Waals surface area contributed by atoms with Crippen LogP contribution in [0.15, 0.2) is 52.7 Å². The fraction of sp³-hybridized carbons (Fsp3) is 0.423. The van der Waals surface area contributed by atoms with Crippen LogP contribution in [-0.2, 0) is 9.59 Å². The molecule has 0 aromatic heterocycles. The summed E-state index contributed by atoms with van der Waals surface area (Å²) in [5.41, 5.74) is 2.27. The first-order valence-corrected chi connectivity index (χ1v) is 12.3. The molecule has 0 radical (unpaired) electrons. The molecule has 0 aliphatic carbocycles. The molecule has 1 aliphatic rings. The second kappa shape index (κ2) is 13.1. The molecule has 0 saturated carbocycles. The molecule has 186 valence electrons. The number of nitrogens with one attached hydrogen (secondary N) is 2. The number of hydrogen-bond donors (Lipinski definition) is 2. The molecule has 1 fully saturated rings. The fourth-order valence-corrected chi connectivity index (χ4v) is 4.10. The van der Waals surface area contributed by atoms with Crippen LogP contribution >= 0.6 is 11.6 Å². The minimum atomic E-state index is -1.28. The highest BCUT2D eigenvalue weighted by Gasteiger charge is 2.23. The Morgan fingerprint density at radius 1 is 1.06 bits per heavy atom. The van der Waals surface area contributed by atoms with Gasteiger partial charge in [0.1, 0.15) is 0 Å². The number of nitrogens with zero attached hydrogens (tertiary/aromatic N) is 3. The SMILES string of the molecule is CC(=O)C(N=Nc1ccc(Cl)cc1C)C(=O)Nc1ccc(C(=O)NCCCN2CCCCC2)cc1. The van der Waals surface area contributed by atoms with Crippen molar-refractivity contribution in [1.82, 2.24) is 10.2 Å². The van der Waals surface area contributed by atoms with E-state index in [9.17, 15) is 14.4 Å². The van der Waals surface area contributed by atoms with Crippen LogP contribution < -0.4 is 10.6 Å². The second-order valence-corrected chi connectivity index (χ2v) is 9.17. The minimum absolute atomic E-state index is 0.157. The van der Waals surface area contributed by atoms with Crippen LogP contribution in [0.1, 0.15) is 48.5 Å². The normalized spacial score (nSPS) is 15.1. The largest absolute Gasteiger partial charge is 0.352 e. The molecule has 2 aromatic rings. The number of carbonyl (C=O) groups excluding carboxylic acids is 3. The zero-order valence-corrected chi connectivity index (χ0v) is 21.0. The highest BCUT2D eigenvalue weighted by molar-refractivity contribution is 6.30. The van der Waals surface area contributed by atoms with Gasteiger partial charge in [-0.25, -0.2) is 0 Å². The van der Waals surface area contributed by atoms with Gasteiger partial charge in [-0.3, -0.25) is 14.4 Å². The maximum Gasteiger partial charge on any atom is 0.258 e. The third-order valence-electron chi connectivity index (χ3n) is 5.87. The molecular formula is C26H32ClN5O3. The number of azo groups is 1. The van der Waals surface area contributed by atoms with Crippen molar-refractivity contribution in [2.75, 3.05) is 31.5 Å². The summed E-state index contributed by atoms with van der Waals surface area (Å²) >= 11 is 5.95. The molecule has 9 heteroatoms. The lowest BCUT2D eigenvalue weighted by molar-refractivity contribution is -0.126. The van der Waals surface area contributed by atoms with E-state index < -0.39 is 17.7 Å². The number of carbonyl (C=O) groups is 3. The van der Waals surface area contributed by atoms with Crippen LogP contribution in [0.2, 0.25) is 5.02 Å². The lowest BCUT2D eigenvalue weighted by Gasteiger charge is -2.26. The number of piperidine rings is 1. The third kappa shape index (κ3) is 8.26. The molecule has 3 rings (SSSR count). The zero-order chi connectivity index (χ0) is 25.2. The first-order chi connectivity index (χ1) is 16.8. The number of benzene rings is 2. The van der Waals surface area contributed by atoms with E-state index in [1.165, 1.54) is 26.2 Å². The topological polar surface area (TPSA) is 103 Å². The van der Waals surface area contributed by atoms with Gasteiger partial charge in [-0.2, -0.15) is 10.2 Å². The summed E-state index contributed by atoms with van der Waals surface area (Å²) in [5, 5.41) is 14.2. The molecule has 1 unspecified atom stereocenters. The third-order valence-corrected chi connectivity index (χ3v) is 6.11. The number of halogens is 1. The highest BCUT2D eigenvalue weighted by atomic mass is 35.5. The molecule has 1 aliphatic heterocycles. The van der Waals surface area contributed by atoms with Gasteiger partial charge in [0.15, 0.2) is 5.78 Å². The van der Waals surface area contributed by atoms with Crippen LogP contribution in [0.25, 0.3) is 0 Å². The van der Waals surface area contributed by atoms with Crippen molar-refractivity contribution in [3.05, 3.63) is 58.6 Å². The van der Waals surface area contributed by atoms with Crippen LogP contribution in [0.5, 0.6) is 0 Å². The van der Waals surface area contributed by atoms with Gasteiger partial charge in [0.2, 0.25) is 6.04 Å².